The Kier molecular flexibility index (Phi) is 4.57. The van der Waals surface area contributed by atoms with Gasteiger partial charge in [-0.05, 0) is 18.1 Å². The number of ether oxygens (including phenoxy) is 1. The van der Waals surface area contributed by atoms with Crippen LogP contribution in [0.2, 0.25) is 0 Å². The van der Waals surface area contributed by atoms with E-state index >= 15 is 0 Å². The number of amides is 1. The van der Waals surface area contributed by atoms with E-state index in [1.54, 1.807) is 0 Å². The molecule has 2 rings (SSSR count). The first-order valence-electron chi connectivity index (χ1n) is 6.45. The van der Waals surface area contributed by atoms with Crippen molar-refractivity contribution in [3.8, 4) is 0 Å². The lowest BCUT2D eigenvalue weighted by Gasteiger charge is -2.26. The Labute approximate surface area is 117 Å². The molecular weight excluding hydrogens is 260 g/mol. The van der Waals surface area contributed by atoms with Crippen molar-refractivity contribution in [1.29, 1.82) is 0 Å². The van der Waals surface area contributed by atoms with Gasteiger partial charge in [-0.15, -0.1) is 0 Å². The molecule has 1 amide bonds. The fourth-order valence-electron chi connectivity index (χ4n) is 2.26. The molecule has 1 aromatic carbocycles. The molecule has 0 aromatic heterocycles. The molecule has 0 aliphatic carbocycles. The third-order valence-electron chi connectivity index (χ3n) is 3.34. The van der Waals surface area contributed by atoms with E-state index in [-0.39, 0.29) is 18.4 Å². The summed E-state index contributed by atoms with van der Waals surface area (Å²) in [5.74, 6) is -1.63. The fourth-order valence-corrected chi connectivity index (χ4v) is 2.26. The first-order valence-corrected chi connectivity index (χ1v) is 6.45. The largest absolute Gasteiger partial charge is 0.480 e. The third-order valence-corrected chi connectivity index (χ3v) is 3.34. The summed E-state index contributed by atoms with van der Waals surface area (Å²) in [4.78, 5) is 23.1. The first-order chi connectivity index (χ1) is 9.61. The van der Waals surface area contributed by atoms with Crippen LogP contribution in [0.5, 0.6) is 0 Å². The maximum Gasteiger partial charge on any atom is 0.328 e. The highest BCUT2D eigenvalue weighted by atomic mass is 16.5. The molecule has 0 fully saturated rings. The Morgan fingerprint density at radius 3 is 2.95 bits per heavy atom. The molecule has 6 nitrogen and oxygen atoms in total. The van der Waals surface area contributed by atoms with E-state index in [1.165, 1.54) is 7.11 Å². The van der Waals surface area contributed by atoms with Gasteiger partial charge < -0.3 is 20.5 Å². The van der Waals surface area contributed by atoms with E-state index in [2.05, 4.69) is 10.6 Å². The Morgan fingerprint density at radius 2 is 2.25 bits per heavy atom. The molecule has 0 bridgehead atoms. The van der Waals surface area contributed by atoms with Gasteiger partial charge in [0, 0.05) is 19.3 Å². The minimum Gasteiger partial charge on any atom is -0.480 e. The average Bonchev–Trinajstić information content (AvgIpc) is 2.46. The van der Waals surface area contributed by atoms with Crippen molar-refractivity contribution in [3.63, 3.8) is 0 Å². The van der Waals surface area contributed by atoms with Gasteiger partial charge in [0.15, 0.2) is 6.04 Å². The molecule has 1 aromatic rings. The SMILES string of the molecule is COCC(NC(=O)C1CNc2ccccc2C1)C(=O)O. The minimum atomic E-state index is -1.09. The molecule has 3 N–H and O–H groups in total. The summed E-state index contributed by atoms with van der Waals surface area (Å²) in [7, 11) is 1.40. The van der Waals surface area contributed by atoms with Crippen LogP contribution in [-0.2, 0) is 20.7 Å². The summed E-state index contributed by atoms with van der Waals surface area (Å²) in [5.41, 5.74) is 2.10. The van der Waals surface area contributed by atoms with Crippen molar-refractivity contribution in [2.24, 2.45) is 5.92 Å². The maximum absolute atomic E-state index is 12.1. The summed E-state index contributed by atoms with van der Waals surface area (Å²) in [5, 5.41) is 14.7. The molecule has 6 heteroatoms. The van der Waals surface area contributed by atoms with Gasteiger partial charge in [-0.25, -0.2) is 4.79 Å². The van der Waals surface area contributed by atoms with Crippen LogP contribution >= 0.6 is 0 Å². The topological polar surface area (TPSA) is 87.7 Å². The molecule has 108 valence electrons. The summed E-state index contributed by atoms with van der Waals surface area (Å²) in [6, 6.07) is 6.78. The van der Waals surface area contributed by atoms with Gasteiger partial charge in [-0.1, -0.05) is 18.2 Å². The smallest absolute Gasteiger partial charge is 0.328 e. The number of anilines is 1. The number of fused-ring (bicyclic) bond motifs is 1. The van der Waals surface area contributed by atoms with Crippen LogP contribution in [0.1, 0.15) is 5.56 Å². The van der Waals surface area contributed by atoms with Gasteiger partial charge in [0.1, 0.15) is 0 Å². The summed E-state index contributed by atoms with van der Waals surface area (Å²) >= 11 is 0. The minimum absolute atomic E-state index is 0.0438. The van der Waals surface area contributed by atoms with Crippen LogP contribution in [0.3, 0.4) is 0 Å². The number of methoxy groups -OCH3 is 1. The number of para-hydroxylation sites is 1. The van der Waals surface area contributed by atoms with Crippen LogP contribution in [0.15, 0.2) is 24.3 Å². The number of rotatable bonds is 5. The molecule has 0 spiro atoms. The zero-order valence-electron chi connectivity index (χ0n) is 11.3. The van der Waals surface area contributed by atoms with Crippen molar-refractivity contribution in [2.45, 2.75) is 12.5 Å². The third kappa shape index (κ3) is 3.27. The van der Waals surface area contributed by atoms with Gasteiger partial charge in [0.25, 0.3) is 0 Å². The van der Waals surface area contributed by atoms with E-state index in [0.717, 1.165) is 11.3 Å². The number of hydrogen-bond donors (Lipinski definition) is 3. The van der Waals surface area contributed by atoms with E-state index in [4.69, 9.17) is 9.84 Å². The van der Waals surface area contributed by atoms with Crippen molar-refractivity contribution in [3.05, 3.63) is 29.8 Å². The second-order valence-electron chi connectivity index (χ2n) is 4.79. The standard InChI is InChI=1S/C14H18N2O4/c1-20-8-12(14(18)19)16-13(17)10-6-9-4-2-3-5-11(9)15-7-10/h2-5,10,12,15H,6-8H2,1H3,(H,16,17)(H,18,19). The Morgan fingerprint density at radius 1 is 1.50 bits per heavy atom. The van der Waals surface area contributed by atoms with E-state index in [1.807, 2.05) is 24.3 Å². The predicted octanol–water partition coefficient (Wildman–Crippen LogP) is 0.487. The van der Waals surface area contributed by atoms with Gasteiger partial charge in [-0.2, -0.15) is 0 Å². The lowest BCUT2D eigenvalue weighted by atomic mass is 9.93. The number of carbonyl (C=O) groups excluding carboxylic acids is 1. The highest BCUT2D eigenvalue weighted by Crippen LogP contribution is 2.24. The molecule has 20 heavy (non-hydrogen) atoms. The number of hydrogen-bond acceptors (Lipinski definition) is 4. The van der Waals surface area contributed by atoms with Crippen LogP contribution in [0, 0.1) is 5.92 Å². The van der Waals surface area contributed by atoms with Gasteiger partial charge in [0.2, 0.25) is 5.91 Å². The predicted molar refractivity (Wildman–Crippen MR) is 73.6 cm³/mol. The van der Waals surface area contributed by atoms with Gasteiger partial charge >= 0.3 is 5.97 Å². The average molecular weight is 278 g/mol. The zero-order valence-corrected chi connectivity index (χ0v) is 11.3. The summed E-state index contributed by atoms with van der Waals surface area (Å²) in [6.45, 7) is 0.458. The molecule has 1 aliphatic heterocycles. The number of nitrogens with one attached hydrogen (secondary N) is 2. The number of aliphatic carboxylic acids is 1. The second kappa shape index (κ2) is 6.38. The second-order valence-corrected chi connectivity index (χ2v) is 4.79. The molecule has 1 aliphatic rings. The van der Waals surface area contributed by atoms with Crippen molar-refractivity contribution in [2.75, 3.05) is 25.6 Å². The molecule has 0 saturated heterocycles. The van der Waals surface area contributed by atoms with Crippen molar-refractivity contribution < 1.29 is 19.4 Å². The Balaban J connectivity index is 1.99. The molecule has 2 unspecified atom stereocenters. The van der Waals surface area contributed by atoms with E-state index < -0.39 is 12.0 Å². The lowest BCUT2D eigenvalue weighted by molar-refractivity contribution is -0.143. The number of carboxylic acids is 1. The quantitative estimate of drug-likeness (QED) is 0.729. The highest BCUT2D eigenvalue weighted by Gasteiger charge is 2.28. The number of carbonyl (C=O) groups is 2. The lowest BCUT2D eigenvalue weighted by Crippen LogP contribution is -2.48. The number of benzene rings is 1. The summed E-state index contributed by atoms with van der Waals surface area (Å²) in [6.07, 6.45) is 0.605. The van der Waals surface area contributed by atoms with Gasteiger partial charge in [0.05, 0.1) is 12.5 Å². The Hall–Kier alpha value is -2.08. The molecule has 1 heterocycles. The van der Waals surface area contributed by atoms with Crippen LogP contribution in [0.4, 0.5) is 5.69 Å². The van der Waals surface area contributed by atoms with Crippen molar-refractivity contribution in [1.82, 2.24) is 5.32 Å². The first kappa shape index (κ1) is 14.3. The highest BCUT2D eigenvalue weighted by molar-refractivity contribution is 5.86. The molecular formula is C14H18N2O4. The fraction of sp³-hybridized carbons (Fsp3) is 0.429. The monoisotopic (exact) mass is 278 g/mol. The molecule has 2 atom stereocenters. The van der Waals surface area contributed by atoms with Gasteiger partial charge in [-0.3, -0.25) is 4.79 Å². The normalized spacial score (nSPS) is 18.6. The van der Waals surface area contributed by atoms with Crippen LogP contribution < -0.4 is 10.6 Å². The molecule has 0 saturated carbocycles. The van der Waals surface area contributed by atoms with E-state index in [9.17, 15) is 9.59 Å². The Bertz CT molecular complexity index is 504. The van der Waals surface area contributed by atoms with Crippen molar-refractivity contribution >= 4 is 17.6 Å². The zero-order chi connectivity index (χ0) is 14.5. The number of carboxylic acid groups (broad SMARTS) is 1. The van der Waals surface area contributed by atoms with E-state index in [0.29, 0.717) is 13.0 Å². The maximum atomic E-state index is 12.1. The van der Waals surface area contributed by atoms with Crippen LogP contribution in [0.25, 0.3) is 0 Å². The molecule has 0 radical (unpaired) electrons. The summed E-state index contributed by atoms with van der Waals surface area (Å²) < 4.78 is 4.80. The van der Waals surface area contributed by atoms with Crippen LogP contribution in [-0.4, -0.2) is 43.3 Å².